The molecule has 1 aromatic heterocycles. The molecule has 0 aliphatic carbocycles. The molecular weight excluding hydrogens is 480 g/mol. The monoisotopic (exact) mass is 496 g/mol. The zero-order chi connectivity index (χ0) is 23.1. The van der Waals surface area contributed by atoms with Gasteiger partial charge in [0.25, 0.3) is 0 Å². The molecule has 1 aliphatic rings. The molecule has 0 saturated carbocycles. The number of ether oxygens (including phenoxy) is 2. The van der Waals surface area contributed by atoms with E-state index in [-0.39, 0.29) is 28.2 Å². The second-order valence-corrected chi connectivity index (χ2v) is 11.3. The summed E-state index contributed by atoms with van der Waals surface area (Å²) in [7, 11) is -7.32. The Kier molecular flexibility index (Phi) is 5.61. The highest BCUT2D eigenvalue weighted by molar-refractivity contribution is 7.91. The van der Waals surface area contributed by atoms with E-state index in [0.717, 1.165) is 18.6 Å². The van der Waals surface area contributed by atoms with Crippen molar-refractivity contribution in [3.8, 4) is 11.5 Å². The maximum Gasteiger partial charge on any atom is 0.231 e. The summed E-state index contributed by atoms with van der Waals surface area (Å²) in [4.78, 5) is 8.13. The fourth-order valence-electron chi connectivity index (χ4n) is 2.88. The van der Waals surface area contributed by atoms with Crippen LogP contribution in [-0.2, 0) is 19.7 Å². The molecule has 0 radical (unpaired) electrons. The summed E-state index contributed by atoms with van der Waals surface area (Å²) in [5, 5.41) is 6.28. The van der Waals surface area contributed by atoms with Crippen LogP contribution < -0.4 is 20.1 Å². The van der Waals surface area contributed by atoms with Gasteiger partial charge in [-0.05, 0) is 36.4 Å². The number of rotatable bonds is 6. The zero-order valence-corrected chi connectivity index (χ0v) is 19.2. The van der Waals surface area contributed by atoms with E-state index < -0.39 is 19.7 Å². The number of nitrogens with zero attached hydrogens (tertiary/aromatic N) is 2. The predicted octanol–water partition coefficient (Wildman–Crippen LogP) is 3.15. The van der Waals surface area contributed by atoms with Gasteiger partial charge in [0.05, 0.1) is 14.8 Å². The van der Waals surface area contributed by atoms with Crippen molar-refractivity contribution in [2.24, 2.45) is 0 Å². The van der Waals surface area contributed by atoms with Crippen molar-refractivity contribution >= 4 is 54.4 Å². The first-order valence-electron chi connectivity index (χ1n) is 9.01. The molecule has 32 heavy (non-hydrogen) atoms. The van der Waals surface area contributed by atoms with Crippen molar-refractivity contribution in [3.05, 3.63) is 47.6 Å². The minimum atomic E-state index is -3.66. The smallest absolute Gasteiger partial charge is 0.231 e. The largest absolute Gasteiger partial charge is 0.454 e. The molecular formula is C19H17ClN4O6S2. The summed E-state index contributed by atoms with van der Waals surface area (Å²) in [6, 6.07) is 8.65. The maximum atomic E-state index is 12.0. The number of anilines is 4. The molecule has 0 spiro atoms. The molecule has 13 heteroatoms. The van der Waals surface area contributed by atoms with Crippen molar-refractivity contribution in [2.45, 2.75) is 9.79 Å². The lowest BCUT2D eigenvalue weighted by molar-refractivity contribution is 0.174. The number of benzene rings is 2. The van der Waals surface area contributed by atoms with Crippen molar-refractivity contribution < 1.29 is 26.3 Å². The first-order chi connectivity index (χ1) is 15.0. The number of hydrogen-bond acceptors (Lipinski definition) is 10. The van der Waals surface area contributed by atoms with Crippen LogP contribution in [0.2, 0.25) is 5.02 Å². The van der Waals surface area contributed by atoms with E-state index in [9.17, 15) is 16.8 Å². The van der Waals surface area contributed by atoms with E-state index in [4.69, 9.17) is 21.1 Å². The van der Waals surface area contributed by atoms with Gasteiger partial charge in [0.2, 0.25) is 12.7 Å². The van der Waals surface area contributed by atoms with E-state index >= 15 is 0 Å². The van der Waals surface area contributed by atoms with Gasteiger partial charge in [0.1, 0.15) is 11.5 Å². The second kappa shape index (κ2) is 8.11. The van der Waals surface area contributed by atoms with Gasteiger partial charge in [-0.1, -0.05) is 11.6 Å². The van der Waals surface area contributed by atoms with Crippen LogP contribution in [0.15, 0.2) is 52.4 Å². The first-order valence-corrected chi connectivity index (χ1v) is 13.2. The molecule has 0 bridgehead atoms. The highest BCUT2D eigenvalue weighted by Gasteiger charge is 2.21. The lowest BCUT2D eigenvalue weighted by Gasteiger charge is -2.12. The number of fused-ring (bicyclic) bond motifs is 1. The highest BCUT2D eigenvalue weighted by Crippen LogP contribution is 2.44. The molecule has 2 N–H and O–H groups in total. The lowest BCUT2D eigenvalue weighted by Crippen LogP contribution is -2.06. The summed E-state index contributed by atoms with van der Waals surface area (Å²) in [6.45, 7) is 0.0697. The van der Waals surface area contributed by atoms with Crippen LogP contribution in [0.3, 0.4) is 0 Å². The Balaban J connectivity index is 1.67. The summed E-state index contributed by atoms with van der Waals surface area (Å²) in [5.41, 5.74) is 0.658. The van der Waals surface area contributed by atoms with Crippen LogP contribution in [0.1, 0.15) is 0 Å². The molecule has 10 nitrogen and oxygen atoms in total. The van der Waals surface area contributed by atoms with E-state index in [0.29, 0.717) is 28.0 Å². The molecule has 0 amide bonds. The van der Waals surface area contributed by atoms with E-state index in [1.807, 2.05) is 0 Å². The molecule has 0 saturated heterocycles. The number of sulfone groups is 2. The average molecular weight is 497 g/mol. The zero-order valence-electron chi connectivity index (χ0n) is 16.8. The van der Waals surface area contributed by atoms with Crippen LogP contribution in [0.4, 0.5) is 23.1 Å². The second-order valence-electron chi connectivity index (χ2n) is 6.91. The minimum Gasteiger partial charge on any atom is -0.454 e. The Morgan fingerprint density at radius 3 is 2.28 bits per heavy atom. The molecule has 2 aromatic carbocycles. The standard InChI is InChI=1S/C19H17ClN4O6S2/c1-31(25,26)12-7-11(8-13(9-12)32(2,27)28)22-19-21-6-5-16(24-19)23-17-14(20)3-4-15-18(17)30-10-29-15/h3-9H,10H2,1-2H3,(H2,21,22,23,24). The first kappa shape index (κ1) is 22.1. The molecule has 0 unspecified atom stereocenters. The number of nitrogens with one attached hydrogen (secondary N) is 2. The molecule has 168 valence electrons. The molecule has 3 aromatic rings. The maximum absolute atomic E-state index is 12.0. The Morgan fingerprint density at radius 2 is 1.62 bits per heavy atom. The van der Waals surface area contributed by atoms with Crippen LogP contribution in [0.25, 0.3) is 0 Å². The Hall–Kier alpha value is -3.09. The Morgan fingerprint density at radius 1 is 0.938 bits per heavy atom. The van der Waals surface area contributed by atoms with Gasteiger partial charge in [-0.15, -0.1) is 0 Å². The molecule has 0 atom stereocenters. The Bertz CT molecular complexity index is 1380. The topological polar surface area (TPSA) is 137 Å². The Labute approximate surface area is 189 Å². The summed E-state index contributed by atoms with van der Waals surface area (Å²) in [5.74, 6) is 1.44. The summed E-state index contributed by atoms with van der Waals surface area (Å²) < 4.78 is 58.8. The van der Waals surface area contributed by atoms with Crippen molar-refractivity contribution in [2.75, 3.05) is 29.9 Å². The van der Waals surface area contributed by atoms with E-state index in [1.54, 1.807) is 18.2 Å². The molecule has 4 rings (SSSR count). The van der Waals surface area contributed by atoms with Crippen LogP contribution in [-0.4, -0.2) is 46.1 Å². The normalized spacial score (nSPS) is 13.1. The molecule has 1 aliphatic heterocycles. The van der Waals surface area contributed by atoms with E-state index in [2.05, 4.69) is 20.6 Å². The fourth-order valence-corrected chi connectivity index (χ4v) is 4.52. The van der Waals surface area contributed by atoms with Gasteiger partial charge < -0.3 is 20.1 Å². The molecule has 2 heterocycles. The van der Waals surface area contributed by atoms with Gasteiger partial charge >= 0.3 is 0 Å². The third kappa shape index (κ3) is 4.71. The van der Waals surface area contributed by atoms with Crippen molar-refractivity contribution in [3.63, 3.8) is 0 Å². The fraction of sp³-hybridized carbons (Fsp3) is 0.158. The number of aromatic nitrogens is 2. The number of halogens is 1. The van der Waals surface area contributed by atoms with Gasteiger partial charge in [0.15, 0.2) is 31.2 Å². The van der Waals surface area contributed by atoms with Crippen molar-refractivity contribution in [1.29, 1.82) is 0 Å². The van der Waals surface area contributed by atoms with Gasteiger partial charge in [-0.2, -0.15) is 4.98 Å². The van der Waals surface area contributed by atoms with Crippen LogP contribution >= 0.6 is 11.6 Å². The van der Waals surface area contributed by atoms with Gasteiger partial charge in [-0.3, -0.25) is 0 Å². The van der Waals surface area contributed by atoms with Crippen LogP contribution in [0, 0.1) is 0 Å². The minimum absolute atomic E-state index is 0.0697. The average Bonchev–Trinajstić information content (AvgIpc) is 3.18. The summed E-state index contributed by atoms with van der Waals surface area (Å²) >= 11 is 6.28. The van der Waals surface area contributed by atoms with Crippen LogP contribution in [0.5, 0.6) is 11.5 Å². The summed E-state index contributed by atoms with van der Waals surface area (Å²) in [6.07, 6.45) is 3.45. The third-order valence-corrected chi connectivity index (χ3v) is 6.89. The quantitative estimate of drug-likeness (QED) is 0.523. The predicted molar refractivity (Wildman–Crippen MR) is 119 cm³/mol. The van der Waals surface area contributed by atoms with Gasteiger partial charge in [0, 0.05) is 24.4 Å². The van der Waals surface area contributed by atoms with E-state index in [1.165, 1.54) is 18.3 Å². The lowest BCUT2D eigenvalue weighted by atomic mass is 10.2. The molecule has 0 fully saturated rings. The van der Waals surface area contributed by atoms with Gasteiger partial charge in [-0.25, -0.2) is 21.8 Å². The SMILES string of the molecule is CS(=O)(=O)c1cc(Nc2nccc(Nc3c(Cl)ccc4c3OCO4)n2)cc(S(C)(=O)=O)c1. The van der Waals surface area contributed by atoms with Crippen molar-refractivity contribution in [1.82, 2.24) is 9.97 Å². The number of hydrogen-bond donors (Lipinski definition) is 2. The third-order valence-electron chi connectivity index (χ3n) is 4.39. The highest BCUT2D eigenvalue weighted by atomic mass is 35.5.